The normalized spacial score (nSPS) is 11.2. The molecule has 0 aliphatic rings. The fourth-order valence-corrected chi connectivity index (χ4v) is 5.97. The van der Waals surface area contributed by atoms with Gasteiger partial charge >= 0.3 is 0 Å². The first-order valence-electron chi connectivity index (χ1n) is 12.1. The van der Waals surface area contributed by atoms with E-state index in [1.54, 1.807) is 27.7 Å². The molecular weight excluding hydrogens is 516 g/mol. The van der Waals surface area contributed by atoms with Crippen molar-refractivity contribution >= 4 is 34.7 Å². The van der Waals surface area contributed by atoms with Crippen molar-refractivity contribution in [1.29, 1.82) is 0 Å². The number of para-hydroxylation sites is 1. The molecule has 38 heavy (non-hydrogen) atoms. The Morgan fingerprint density at radius 3 is 2.42 bits per heavy atom. The van der Waals surface area contributed by atoms with E-state index >= 15 is 0 Å². The lowest BCUT2D eigenvalue weighted by Gasteiger charge is -2.08. The molecule has 3 heterocycles. The third-order valence-electron chi connectivity index (χ3n) is 6.54. The molecule has 1 amide bonds. The number of nitrogens with zero attached hydrogens (tertiary/aromatic N) is 5. The van der Waals surface area contributed by atoms with Crippen LogP contribution in [0.3, 0.4) is 0 Å². The maximum atomic E-state index is 13.1. The number of thiophene rings is 1. The van der Waals surface area contributed by atoms with Crippen LogP contribution in [0.25, 0.3) is 28.2 Å². The Labute approximate surface area is 228 Å². The average molecular weight is 545 g/mol. The highest BCUT2D eigenvalue weighted by atomic mass is 32.2. The lowest BCUT2D eigenvalue weighted by molar-refractivity contribution is -0.113. The van der Waals surface area contributed by atoms with Crippen LogP contribution in [0.15, 0.2) is 69.9 Å². The molecule has 0 atom stereocenters. The van der Waals surface area contributed by atoms with Crippen LogP contribution >= 0.6 is 23.1 Å². The average Bonchev–Trinajstić information content (AvgIpc) is 3.53. The van der Waals surface area contributed by atoms with Crippen LogP contribution in [0.2, 0.25) is 0 Å². The first-order chi connectivity index (χ1) is 18.3. The van der Waals surface area contributed by atoms with Crippen molar-refractivity contribution in [2.45, 2.75) is 25.9 Å². The van der Waals surface area contributed by atoms with Crippen LogP contribution in [0.5, 0.6) is 0 Å². The molecule has 3 aromatic heterocycles. The molecule has 0 saturated carbocycles. The lowest BCUT2D eigenvalue weighted by atomic mass is 10.0. The number of hydrogen-bond donors (Lipinski definition) is 1. The zero-order chi connectivity index (χ0) is 27.0. The smallest absolute Gasteiger partial charge is 0.295 e. The van der Waals surface area contributed by atoms with Crippen molar-refractivity contribution in [3.63, 3.8) is 0 Å². The maximum absolute atomic E-state index is 13.1. The molecule has 1 N–H and O–H groups in total. The van der Waals surface area contributed by atoms with Gasteiger partial charge in [0, 0.05) is 35.5 Å². The van der Waals surface area contributed by atoms with Gasteiger partial charge in [-0.2, -0.15) is 0 Å². The summed E-state index contributed by atoms with van der Waals surface area (Å²) >= 11 is 2.97. The monoisotopic (exact) mass is 544 g/mol. The number of amides is 1. The Morgan fingerprint density at radius 2 is 1.71 bits per heavy atom. The molecule has 194 valence electrons. The highest BCUT2D eigenvalue weighted by Gasteiger charge is 2.21. The molecule has 5 rings (SSSR count). The largest absolute Gasteiger partial charge is 0.319 e. The second-order valence-corrected chi connectivity index (χ2v) is 11.1. The van der Waals surface area contributed by atoms with Gasteiger partial charge in [0.25, 0.3) is 5.56 Å². The number of hydrogen-bond acceptors (Lipinski definition) is 6. The maximum Gasteiger partial charge on any atom is 0.295 e. The SMILES string of the molecule is Cc1ccc(-c2c(-c3nnc(SCC(=O)Nc4c(C)n(C)n(-c5ccccc5)c4=O)n3C)csc2C)cc1. The summed E-state index contributed by atoms with van der Waals surface area (Å²) in [6.45, 7) is 6.00. The summed E-state index contributed by atoms with van der Waals surface area (Å²) in [6, 6.07) is 17.8. The highest BCUT2D eigenvalue weighted by Crippen LogP contribution is 2.39. The van der Waals surface area contributed by atoms with Crippen molar-refractivity contribution in [2.75, 3.05) is 11.1 Å². The molecule has 8 nitrogen and oxygen atoms in total. The number of benzene rings is 2. The lowest BCUT2D eigenvalue weighted by Crippen LogP contribution is -2.23. The van der Waals surface area contributed by atoms with E-state index in [0.29, 0.717) is 10.9 Å². The van der Waals surface area contributed by atoms with E-state index in [-0.39, 0.29) is 22.9 Å². The first-order valence-corrected chi connectivity index (χ1v) is 13.9. The van der Waals surface area contributed by atoms with E-state index in [1.807, 2.05) is 48.9 Å². The van der Waals surface area contributed by atoms with Gasteiger partial charge in [0.1, 0.15) is 5.69 Å². The number of carbonyl (C=O) groups is 1. The van der Waals surface area contributed by atoms with Crippen molar-refractivity contribution in [2.24, 2.45) is 14.1 Å². The van der Waals surface area contributed by atoms with Gasteiger partial charge < -0.3 is 9.88 Å². The van der Waals surface area contributed by atoms with Crippen molar-refractivity contribution in [3.05, 3.63) is 86.5 Å². The van der Waals surface area contributed by atoms with Gasteiger partial charge in [0.2, 0.25) is 5.91 Å². The fraction of sp³-hybridized carbons (Fsp3) is 0.214. The molecule has 10 heteroatoms. The van der Waals surface area contributed by atoms with Crippen molar-refractivity contribution in [1.82, 2.24) is 24.1 Å². The minimum absolute atomic E-state index is 0.0958. The fourth-order valence-electron chi connectivity index (χ4n) is 4.39. The molecule has 0 spiro atoms. The van der Waals surface area contributed by atoms with E-state index in [0.717, 1.165) is 28.2 Å². The van der Waals surface area contributed by atoms with Crippen LogP contribution in [0.4, 0.5) is 5.69 Å². The molecular formula is C28H28N6O2S2. The van der Waals surface area contributed by atoms with E-state index < -0.39 is 0 Å². The van der Waals surface area contributed by atoms with Gasteiger partial charge in [0.05, 0.1) is 17.1 Å². The van der Waals surface area contributed by atoms with Gasteiger partial charge in [-0.25, -0.2) is 4.68 Å². The Bertz CT molecular complexity index is 1680. The van der Waals surface area contributed by atoms with Crippen molar-refractivity contribution in [3.8, 4) is 28.2 Å². The minimum atomic E-state index is -0.280. The second-order valence-electron chi connectivity index (χ2n) is 9.09. The summed E-state index contributed by atoms with van der Waals surface area (Å²) in [5.41, 5.74) is 5.93. The second kappa shape index (κ2) is 10.5. The van der Waals surface area contributed by atoms with E-state index in [4.69, 9.17) is 0 Å². The molecule has 0 fully saturated rings. The summed E-state index contributed by atoms with van der Waals surface area (Å²) in [4.78, 5) is 27.2. The Kier molecular flexibility index (Phi) is 7.09. The van der Waals surface area contributed by atoms with Gasteiger partial charge in [0.15, 0.2) is 11.0 Å². The summed E-state index contributed by atoms with van der Waals surface area (Å²) in [5, 5.41) is 14.3. The predicted octanol–water partition coefficient (Wildman–Crippen LogP) is 5.36. The number of nitrogens with one attached hydrogen (secondary N) is 1. The van der Waals surface area contributed by atoms with Crippen molar-refractivity contribution < 1.29 is 4.79 Å². The van der Waals surface area contributed by atoms with Gasteiger partial charge in [-0.05, 0) is 38.5 Å². The number of carbonyl (C=O) groups excluding carboxylic acids is 1. The van der Waals surface area contributed by atoms with Gasteiger partial charge in [-0.1, -0.05) is 59.8 Å². The Balaban J connectivity index is 1.33. The van der Waals surface area contributed by atoms with Crippen LogP contribution in [0.1, 0.15) is 16.1 Å². The topological polar surface area (TPSA) is 86.7 Å². The van der Waals surface area contributed by atoms with Crippen LogP contribution < -0.4 is 10.9 Å². The molecule has 2 aromatic carbocycles. The summed E-state index contributed by atoms with van der Waals surface area (Å²) in [7, 11) is 3.70. The molecule has 5 aromatic rings. The van der Waals surface area contributed by atoms with E-state index in [1.165, 1.54) is 22.2 Å². The molecule has 0 bridgehead atoms. The zero-order valence-electron chi connectivity index (χ0n) is 21.8. The van der Waals surface area contributed by atoms with Gasteiger partial charge in [-0.3, -0.25) is 14.3 Å². The number of aryl methyl sites for hydroxylation is 2. The van der Waals surface area contributed by atoms with E-state index in [9.17, 15) is 9.59 Å². The third kappa shape index (κ3) is 4.72. The number of thioether (sulfide) groups is 1. The molecule has 0 aliphatic carbocycles. The zero-order valence-corrected chi connectivity index (χ0v) is 23.5. The van der Waals surface area contributed by atoms with Crippen LogP contribution in [0, 0.1) is 20.8 Å². The third-order valence-corrected chi connectivity index (χ3v) is 8.47. The van der Waals surface area contributed by atoms with Gasteiger partial charge in [-0.15, -0.1) is 21.5 Å². The molecule has 0 aliphatic heterocycles. The standard InChI is InChI=1S/C28H28N6O2S2/c1-17-11-13-20(14-12-17)24-19(3)37-15-22(24)26-30-31-28(32(26)4)38-16-23(35)29-25-18(2)33(5)34(27(25)36)21-9-7-6-8-10-21/h6-15H,16H2,1-5H3,(H,29,35). The quantitative estimate of drug-likeness (QED) is 0.279. The van der Waals surface area contributed by atoms with E-state index in [2.05, 4.69) is 59.0 Å². The molecule has 0 saturated heterocycles. The number of aromatic nitrogens is 5. The Morgan fingerprint density at radius 1 is 1.00 bits per heavy atom. The summed E-state index contributed by atoms with van der Waals surface area (Å²) in [5.74, 6) is 0.563. The minimum Gasteiger partial charge on any atom is -0.319 e. The molecule has 0 unspecified atom stereocenters. The number of anilines is 1. The van der Waals surface area contributed by atoms with Crippen LogP contribution in [-0.4, -0.2) is 35.8 Å². The first kappa shape index (κ1) is 25.7. The highest BCUT2D eigenvalue weighted by molar-refractivity contribution is 7.99. The summed E-state index contributed by atoms with van der Waals surface area (Å²) < 4.78 is 5.19. The molecule has 0 radical (unpaired) electrons. The predicted molar refractivity (Wildman–Crippen MR) is 154 cm³/mol. The number of rotatable bonds is 7. The Hall–Kier alpha value is -3.89. The summed E-state index contributed by atoms with van der Waals surface area (Å²) in [6.07, 6.45) is 0. The van der Waals surface area contributed by atoms with Crippen LogP contribution in [-0.2, 0) is 18.9 Å².